The molecule has 2 rings (SSSR count). The van der Waals surface area contributed by atoms with Crippen molar-refractivity contribution in [3.63, 3.8) is 0 Å². The smallest absolute Gasteiger partial charge is 0.292 e. The van der Waals surface area contributed by atoms with Crippen LogP contribution in [0.4, 0.5) is 13.2 Å². The van der Waals surface area contributed by atoms with Crippen LogP contribution < -0.4 is 0 Å². The second-order valence-corrected chi connectivity index (χ2v) is 4.31. The second-order valence-electron chi connectivity index (χ2n) is 4.31. The largest absolute Gasteiger partial charge is 0.522 e. The highest BCUT2D eigenvalue weighted by atomic mass is 19.4. The highest BCUT2D eigenvalue weighted by Gasteiger charge is 2.34. The zero-order valence-corrected chi connectivity index (χ0v) is 10.4. The van der Waals surface area contributed by atoms with Crippen LogP contribution in [0.25, 0.3) is 0 Å². The van der Waals surface area contributed by atoms with Gasteiger partial charge in [0.25, 0.3) is 11.8 Å². The van der Waals surface area contributed by atoms with Gasteiger partial charge in [-0.15, -0.1) is 13.2 Å². The fraction of sp³-hybridized carbons (Fsp3) is 0.385. The van der Waals surface area contributed by atoms with Crippen molar-refractivity contribution < 1.29 is 27.5 Å². The van der Waals surface area contributed by atoms with E-state index in [2.05, 4.69) is 4.74 Å². The predicted molar refractivity (Wildman–Crippen MR) is 63.1 cm³/mol. The van der Waals surface area contributed by atoms with Crippen molar-refractivity contribution in [2.75, 3.05) is 13.2 Å². The van der Waals surface area contributed by atoms with E-state index in [1.807, 2.05) is 0 Å². The van der Waals surface area contributed by atoms with Crippen molar-refractivity contribution in [3.05, 3.63) is 35.4 Å². The van der Waals surface area contributed by atoms with Gasteiger partial charge in [-0.1, -0.05) is 12.1 Å². The Labute approximate surface area is 113 Å². The van der Waals surface area contributed by atoms with E-state index in [0.29, 0.717) is 11.1 Å². The molecule has 0 N–H and O–H groups in total. The second kappa shape index (κ2) is 5.62. The molecule has 4 nitrogen and oxygen atoms in total. The number of fused-ring (bicyclic) bond motifs is 1. The standard InChI is InChI=1S/C13H12F3NO3/c14-13(15,16)20-8-4-3-7-17-11(18)9-5-1-2-6-10(9)12(17)19/h1-2,5-6H,3-4,7-8H2. The van der Waals surface area contributed by atoms with Crippen molar-refractivity contribution in [1.29, 1.82) is 0 Å². The molecule has 1 aromatic rings. The van der Waals surface area contributed by atoms with Gasteiger partial charge in [-0.05, 0) is 25.0 Å². The summed E-state index contributed by atoms with van der Waals surface area (Å²) in [6, 6.07) is 6.43. The molecule has 1 aliphatic rings. The number of carbonyl (C=O) groups excluding carboxylic acids is 2. The van der Waals surface area contributed by atoms with Crippen LogP contribution in [0.1, 0.15) is 33.6 Å². The van der Waals surface area contributed by atoms with Gasteiger partial charge in [0.2, 0.25) is 0 Å². The van der Waals surface area contributed by atoms with Gasteiger partial charge >= 0.3 is 6.36 Å². The Hall–Kier alpha value is -1.89. The lowest BCUT2D eigenvalue weighted by atomic mass is 10.1. The first-order valence-corrected chi connectivity index (χ1v) is 6.06. The summed E-state index contributed by atoms with van der Waals surface area (Å²) in [7, 11) is 0. The van der Waals surface area contributed by atoms with Crippen LogP contribution in [0.5, 0.6) is 0 Å². The Morgan fingerprint density at radius 1 is 1.00 bits per heavy atom. The monoisotopic (exact) mass is 287 g/mol. The fourth-order valence-electron chi connectivity index (χ4n) is 2.00. The third-order valence-corrected chi connectivity index (χ3v) is 2.92. The van der Waals surface area contributed by atoms with Crippen molar-refractivity contribution in [2.24, 2.45) is 0 Å². The lowest BCUT2D eigenvalue weighted by Crippen LogP contribution is -2.31. The third-order valence-electron chi connectivity index (χ3n) is 2.92. The molecular weight excluding hydrogens is 275 g/mol. The van der Waals surface area contributed by atoms with E-state index in [4.69, 9.17) is 0 Å². The van der Waals surface area contributed by atoms with Crippen molar-refractivity contribution in [2.45, 2.75) is 19.2 Å². The number of amides is 2. The van der Waals surface area contributed by atoms with Gasteiger partial charge in [-0.25, -0.2) is 0 Å². The molecule has 0 unspecified atom stereocenters. The van der Waals surface area contributed by atoms with Crippen LogP contribution in [0.3, 0.4) is 0 Å². The number of nitrogens with zero attached hydrogens (tertiary/aromatic N) is 1. The number of rotatable bonds is 5. The number of alkyl halides is 3. The number of ether oxygens (including phenoxy) is 1. The molecule has 108 valence electrons. The number of carbonyl (C=O) groups is 2. The van der Waals surface area contributed by atoms with Gasteiger partial charge in [0, 0.05) is 6.54 Å². The van der Waals surface area contributed by atoms with Gasteiger partial charge in [-0.3, -0.25) is 19.2 Å². The SMILES string of the molecule is O=C1c2ccccc2C(=O)N1CCCCOC(F)(F)F. The number of imide groups is 1. The molecule has 0 spiro atoms. The predicted octanol–water partition coefficient (Wildman–Crippen LogP) is 2.60. The molecule has 7 heteroatoms. The fourth-order valence-corrected chi connectivity index (χ4v) is 2.00. The molecule has 1 heterocycles. The van der Waals surface area contributed by atoms with E-state index >= 15 is 0 Å². The highest BCUT2D eigenvalue weighted by molar-refractivity contribution is 6.21. The molecular formula is C13H12F3NO3. The molecule has 0 aromatic heterocycles. The van der Waals surface area contributed by atoms with Crippen molar-refractivity contribution >= 4 is 11.8 Å². The first-order chi connectivity index (χ1) is 9.40. The zero-order valence-electron chi connectivity index (χ0n) is 10.4. The summed E-state index contributed by atoms with van der Waals surface area (Å²) in [5, 5.41) is 0. The van der Waals surface area contributed by atoms with E-state index < -0.39 is 24.8 Å². The molecule has 1 aromatic carbocycles. The molecule has 2 amide bonds. The summed E-state index contributed by atoms with van der Waals surface area (Å²) < 4.78 is 38.9. The van der Waals surface area contributed by atoms with Gasteiger partial charge in [0.1, 0.15) is 0 Å². The Kier molecular flexibility index (Phi) is 4.08. The van der Waals surface area contributed by atoms with Crippen molar-refractivity contribution in [1.82, 2.24) is 4.90 Å². The van der Waals surface area contributed by atoms with E-state index in [-0.39, 0.29) is 19.4 Å². The van der Waals surface area contributed by atoms with Gasteiger partial charge in [0.15, 0.2) is 0 Å². The molecule has 0 bridgehead atoms. The number of unbranched alkanes of at least 4 members (excludes halogenated alkanes) is 1. The summed E-state index contributed by atoms with van der Waals surface area (Å²) in [5.41, 5.74) is 0.674. The quantitative estimate of drug-likeness (QED) is 0.617. The van der Waals surface area contributed by atoms with Crippen LogP contribution in [0.15, 0.2) is 24.3 Å². The van der Waals surface area contributed by atoms with Gasteiger partial charge in [-0.2, -0.15) is 0 Å². The maximum Gasteiger partial charge on any atom is 0.522 e. The van der Waals surface area contributed by atoms with Crippen LogP contribution in [-0.2, 0) is 4.74 Å². The summed E-state index contributed by atoms with van der Waals surface area (Å²) in [6.45, 7) is -0.389. The van der Waals surface area contributed by atoms with Crippen molar-refractivity contribution in [3.8, 4) is 0 Å². The van der Waals surface area contributed by atoms with Gasteiger partial charge < -0.3 is 0 Å². The third kappa shape index (κ3) is 3.16. The van der Waals surface area contributed by atoms with Crippen LogP contribution in [0.2, 0.25) is 0 Å². The molecule has 0 radical (unpaired) electrons. The number of halogens is 3. The van der Waals surface area contributed by atoms with Crippen LogP contribution >= 0.6 is 0 Å². The maximum atomic E-state index is 11.9. The summed E-state index contributed by atoms with van der Waals surface area (Å²) >= 11 is 0. The van der Waals surface area contributed by atoms with E-state index in [1.54, 1.807) is 24.3 Å². The summed E-state index contributed by atoms with van der Waals surface area (Å²) in [4.78, 5) is 24.9. The lowest BCUT2D eigenvalue weighted by molar-refractivity contribution is -0.324. The molecule has 0 atom stereocenters. The number of hydrogen-bond donors (Lipinski definition) is 0. The average molecular weight is 287 g/mol. The number of benzene rings is 1. The Bertz CT molecular complexity index is 493. The summed E-state index contributed by atoms with van der Waals surface area (Å²) in [5.74, 6) is -0.801. The molecule has 1 aliphatic heterocycles. The highest BCUT2D eigenvalue weighted by Crippen LogP contribution is 2.23. The topological polar surface area (TPSA) is 46.6 Å². The summed E-state index contributed by atoms with van der Waals surface area (Å²) in [6.07, 6.45) is -4.26. The molecule has 0 saturated heterocycles. The lowest BCUT2D eigenvalue weighted by Gasteiger charge is -2.13. The normalized spacial score (nSPS) is 14.8. The minimum Gasteiger partial charge on any atom is -0.292 e. The Balaban J connectivity index is 1.84. The molecule has 0 aliphatic carbocycles. The Morgan fingerprint density at radius 2 is 1.55 bits per heavy atom. The molecule has 0 saturated carbocycles. The Morgan fingerprint density at radius 3 is 2.05 bits per heavy atom. The van der Waals surface area contributed by atoms with Crippen LogP contribution in [-0.4, -0.2) is 36.2 Å². The average Bonchev–Trinajstić information content (AvgIpc) is 2.62. The first-order valence-electron chi connectivity index (χ1n) is 6.06. The van der Waals surface area contributed by atoms with E-state index in [9.17, 15) is 22.8 Å². The first kappa shape index (κ1) is 14.5. The van der Waals surface area contributed by atoms with E-state index in [1.165, 1.54) is 0 Å². The van der Waals surface area contributed by atoms with Crippen LogP contribution in [0, 0.1) is 0 Å². The maximum absolute atomic E-state index is 11.9. The minimum absolute atomic E-state index is 0.0908. The zero-order chi connectivity index (χ0) is 14.8. The minimum atomic E-state index is -4.64. The molecule has 0 fully saturated rings. The molecule has 20 heavy (non-hydrogen) atoms. The van der Waals surface area contributed by atoms with Gasteiger partial charge in [0.05, 0.1) is 17.7 Å². The number of hydrogen-bond acceptors (Lipinski definition) is 3. The van der Waals surface area contributed by atoms with E-state index in [0.717, 1.165) is 4.90 Å².